The van der Waals surface area contributed by atoms with E-state index in [0.717, 1.165) is 12.8 Å². The summed E-state index contributed by atoms with van der Waals surface area (Å²) in [7, 11) is 1.78. The molecule has 1 heterocycles. The second-order valence-electron chi connectivity index (χ2n) is 5.69. The molecule has 0 atom stereocenters. The van der Waals surface area contributed by atoms with Crippen LogP contribution < -0.4 is 0 Å². The molecule has 1 aromatic carbocycles. The highest BCUT2D eigenvalue weighted by atomic mass is 79.9. The largest absolute Gasteiger partial charge is 0.478 e. The summed E-state index contributed by atoms with van der Waals surface area (Å²) in [5.74, 6) is -1.23. The Hall–Kier alpha value is -1.89. The maximum Gasteiger partial charge on any atom is 0.335 e. The van der Waals surface area contributed by atoms with E-state index in [0.29, 0.717) is 23.1 Å². The van der Waals surface area contributed by atoms with Crippen molar-refractivity contribution < 1.29 is 19.5 Å². The summed E-state index contributed by atoms with van der Waals surface area (Å²) in [6, 6.07) is 4.63. The summed E-state index contributed by atoms with van der Waals surface area (Å²) in [5.41, 5.74) is 0.434. The zero-order valence-corrected chi connectivity index (χ0v) is 14.7. The van der Waals surface area contributed by atoms with Crippen molar-refractivity contribution in [2.24, 2.45) is 0 Å². The molecule has 1 N–H and O–H groups in total. The van der Waals surface area contributed by atoms with Crippen LogP contribution in [0.2, 0.25) is 0 Å². The van der Waals surface area contributed by atoms with E-state index < -0.39 is 5.97 Å². The minimum atomic E-state index is -1.07. The van der Waals surface area contributed by atoms with E-state index in [2.05, 4.69) is 15.9 Å². The van der Waals surface area contributed by atoms with E-state index in [4.69, 9.17) is 5.11 Å². The molecule has 2 amide bonds. The Balaban J connectivity index is 2.08. The molecule has 23 heavy (non-hydrogen) atoms. The van der Waals surface area contributed by atoms with Crippen molar-refractivity contribution in [2.75, 3.05) is 20.1 Å². The maximum atomic E-state index is 12.6. The van der Waals surface area contributed by atoms with Gasteiger partial charge in [0.05, 0.1) is 5.56 Å². The van der Waals surface area contributed by atoms with Crippen LogP contribution in [0, 0.1) is 0 Å². The Labute approximate surface area is 143 Å². The molecule has 0 aliphatic carbocycles. The molecule has 6 nitrogen and oxygen atoms in total. The van der Waals surface area contributed by atoms with Gasteiger partial charge in [-0.15, -0.1) is 0 Å². The SMILES string of the molecule is CC(=O)N(C)C1CCN(C(=O)c2cc(Br)cc(C(=O)O)c2)CC1. The molecule has 1 fully saturated rings. The highest BCUT2D eigenvalue weighted by molar-refractivity contribution is 9.10. The van der Waals surface area contributed by atoms with Gasteiger partial charge in [0.25, 0.3) is 5.91 Å². The first-order chi connectivity index (χ1) is 10.8. The Morgan fingerprint density at radius 3 is 2.26 bits per heavy atom. The number of amides is 2. The first-order valence-electron chi connectivity index (χ1n) is 7.36. The highest BCUT2D eigenvalue weighted by Gasteiger charge is 2.27. The minimum Gasteiger partial charge on any atom is -0.478 e. The average molecular weight is 383 g/mol. The van der Waals surface area contributed by atoms with Gasteiger partial charge < -0.3 is 14.9 Å². The standard InChI is InChI=1S/C16H19BrN2O4/c1-10(20)18(2)14-3-5-19(6-4-14)15(21)11-7-12(16(22)23)9-13(17)8-11/h7-9,14H,3-6H2,1-2H3,(H,22,23). The van der Waals surface area contributed by atoms with Gasteiger partial charge in [0, 0.05) is 43.1 Å². The first-order valence-corrected chi connectivity index (χ1v) is 8.15. The summed E-state index contributed by atoms with van der Waals surface area (Å²) in [6.45, 7) is 2.64. The predicted molar refractivity (Wildman–Crippen MR) is 88.5 cm³/mol. The molecule has 7 heteroatoms. The highest BCUT2D eigenvalue weighted by Crippen LogP contribution is 2.21. The molecule has 0 spiro atoms. The van der Waals surface area contributed by atoms with Crippen LogP contribution >= 0.6 is 15.9 Å². The van der Waals surface area contributed by atoms with Gasteiger partial charge >= 0.3 is 5.97 Å². The van der Waals surface area contributed by atoms with Crippen LogP contribution in [0.15, 0.2) is 22.7 Å². The zero-order chi connectivity index (χ0) is 17.1. The fraction of sp³-hybridized carbons (Fsp3) is 0.438. The zero-order valence-electron chi connectivity index (χ0n) is 13.1. The normalized spacial score (nSPS) is 15.3. The van der Waals surface area contributed by atoms with Gasteiger partial charge in [0.2, 0.25) is 5.91 Å². The number of carbonyl (C=O) groups excluding carboxylic acids is 2. The van der Waals surface area contributed by atoms with E-state index in [1.165, 1.54) is 19.1 Å². The van der Waals surface area contributed by atoms with Gasteiger partial charge in [0.1, 0.15) is 0 Å². The second kappa shape index (κ2) is 7.12. The van der Waals surface area contributed by atoms with Crippen molar-refractivity contribution in [2.45, 2.75) is 25.8 Å². The van der Waals surface area contributed by atoms with E-state index >= 15 is 0 Å². The molecule has 1 aliphatic heterocycles. The van der Waals surface area contributed by atoms with Crippen molar-refractivity contribution in [3.63, 3.8) is 0 Å². The number of benzene rings is 1. The lowest BCUT2D eigenvalue weighted by Crippen LogP contribution is -2.46. The molecule has 124 valence electrons. The third-order valence-corrected chi connectivity index (χ3v) is 4.65. The van der Waals surface area contributed by atoms with Crippen LogP contribution in [0.5, 0.6) is 0 Å². The molecular formula is C16H19BrN2O4. The molecule has 2 rings (SSSR count). The van der Waals surface area contributed by atoms with Gasteiger partial charge in [0.15, 0.2) is 0 Å². The van der Waals surface area contributed by atoms with Crippen molar-refractivity contribution >= 4 is 33.7 Å². The van der Waals surface area contributed by atoms with Crippen LogP contribution in [0.25, 0.3) is 0 Å². The Morgan fingerprint density at radius 2 is 1.74 bits per heavy atom. The number of piperidine rings is 1. The molecular weight excluding hydrogens is 364 g/mol. The molecule has 1 saturated heterocycles. The van der Waals surface area contributed by atoms with E-state index in [1.807, 2.05) is 0 Å². The number of likely N-dealkylation sites (tertiary alicyclic amines) is 1. The van der Waals surface area contributed by atoms with Gasteiger partial charge in [-0.05, 0) is 31.0 Å². The minimum absolute atomic E-state index is 0.0212. The predicted octanol–water partition coefficient (Wildman–Crippen LogP) is 2.23. The average Bonchev–Trinajstić information content (AvgIpc) is 2.52. The smallest absolute Gasteiger partial charge is 0.335 e. The molecule has 0 bridgehead atoms. The topological polar surface area (TPSA) is 77.9 Å². The van der Waals surface area contributed by atoms with Crippen LogP contribution in [-0.2, 0) is 4.79 Å². The quantitative estimate of drug-likeness (QED) is 0.869. The number of carboxylic acid groups (broad SMARTS) is 1. The maximum absolute atomic E-state index is 12.6. The molecule has 0 unspecified atom stereocenters. The lowest BCUT2D eigenvalue weighted by molar-refractivity contribution is -0.130. The fourth-order valence-corrected chi connectivity index (χ4v) is 3.23. The van der Waals surface area contributed by atoms with Crippen molar-refractivity contribution in [3.05, 3.63) is 33.8 Å². The lowest BCUT2D eigenvalue weighted by Gasteiger charge is -2.36. The number of nitrogens with zero attached hydrogens (tertiary/aromatic N) is 2. The van der Waals surface area contributed by atoms with Gasteiger partial charge in [-0.25, -0.2) is 4.79 Å². The Bertz CT molecular complexity index is 639. The monoisotopic (exact) mass is 382 g/mol. The van der Waals surface area contributed by atoms with Gasteiger partial charge in [-0.2, -0.15) is 0 Å². The number of rotatable bonds is 3. The van der Waals surface area contributed by atoms with E-state index in [1.54, 1.807) is 22.9 Å². The van der Waals surface area contributed by atoms with Crippen LogP contribution in [0.3, 0.4) is 0 Å². The number of carboxylic acids is 1. The summed E-state index contributed by atoms with van der Waals surface area (Å²) < 4.78 is 0.562. The molecule has 0 saturated carbocycles. The Morgan fingerprint density at radius 1 is 1.17 bits per heavy atom. The van der Waals surface area contributed by atoms with Crippen molar-refractivity contribution in [1.29, 1.82) is 0 Å². The third-order valence-electron chi connectivity index (χ3n) is 4.19. The number of aromatic carboxylic acids is 1. The van der Waals surface area contributed by atoms with Crippen LogP contribution in [0.4, 0.5) is 0 Å². The second-order valence-corrected chi connectivity index (χ2v) is 6.60. The van der Waals surface area contributed by atoms with Crippen molar-refractivity contribution in [3.8, 4) is 0 Å². The third kappa shape index (κ3) is 4.10. The molecule has 0 radical (unpaired) electrons. The van der Waals surface area contributed by atoms with Crippen LogP contribution in [-0.4, -0.2) is 58.9 Å². The molecule has 1 aliphatic rings. The fourth-order valence-electron chi connectivity index (χ4n) is 2.73. The first kappa shape index (κ1) is 17.5. The van der Waals surface area contributed by atoms with Gasteiger partial charge in [-0.1, -0.05) is 15.9 Å². The summed E-state index contributed by atoms with van der Waals surface area (Å²) >= 11 is 3.24. The number of hydrogen-bond acceptors (Lipinski definition) is 3. The van der Waals surface area contributed by atoms with E-state index in [9.17, 15) is 14.4 Å². The number of hydrogen-bond donors (Lipinski definition) is 1. The summed E-state index contributed by atoms with van der Waals surface area (Å²) in [4.78, 5) is 38.5. The van der Waals surface area contributed by atoms with E-state index in [-0.39, 0.29) is 23.4 Å². The van der Waals surface area contributed by atoms with Gasteiger partial charge in [-0.3, -0.25) is 9.59 Å². The van der Waals surface area contributed by atoms with Crippen LogP contribution in [0.1, 0.15) is 40.5 Å². The number of halogens is 1. The lowest BCUT2D eigenvalue weighted by atomic mass is 10.0. The van der Waals surface area contributed by atoms with Crippen molar-refractivity contribution in [1.82, 2.24) is 9.80 Å². The Kier molecular flexibility index (Phi) is 5.41. The summed E-state index contributed by atoms with van der Waals surface area (Å²) in [6.07, 6.45) is 1.45. The summed E-state index contributed by atoms with van der Waals surface area (Å²) in [5, 5.41) is 9.09. The molecule has 0 aromatic heterocycles. The number of carbonyl (C=O) groups is 3. The molecule has 1 aromatic rings.